The van der Waals surface area contributed by atoms with Gasteiger partial charge >= 0.3 is 0 Å². The van der Waals surface area contributed by atoms with E-state index in [1.54, 1.807) is 0 Å². The molecule has 4 rings (SSSR count). The Hall–Kier alpha value is -3.00. The Morgan fingerprint density at radius 2 is 1.28 bits per heavy atom. The molecule has 1 aromatic heterocycles. The molecule has 0 spiro atoms. The number of benzene rings is 3. The molecule has 0 aliphatic carbocycles. The van der Waals surface area contributed by atoms with Gasteiger partial charge in [-0.05, 0) is 12.1 Å². The number of hydrogen-bond donors (Lipinski definition) is 1. The van der Waals surface area contributed by atoms with Crippen LogP contribution in [0.25, 0.3) is 22.3 Å². The van der Waals surface area contributed by atoms with Crippen LogP contribution in [-0.4, -0.2) is 0 Å². The fraction of sp³-hybridized carbons (Fsp3) is 0.0455. The van der Waals surface area contributed by atoms with Crippen LogP contribution in [0.15, 0.2) is 95.4 Å². The molecular weight excluding hydrogens is 394 g/mol. The summed E-state index contributed by atoms with van der Waals surface area (Å²) >= 11 is 0. The van der Waals surface area contributed by atoms with Crippen molar-refractivity contribution < 1.29 is 38.3 Å². The zero-order chi connectivity index (χ0) is 20.7. The third kappa shape index (κ3) is 6.53. The predicted octanol–water partition coefficient (Wildman–Crippen LogP) is -1.47. The third-order valence-corrected chi connectivity index (χ3v) is 4.06. The lowest BCUT2D eigenvalue weighted by atomic mass is 10.1. The van der Waals surface area contributed by atoms with Crippen LogP contribution in [0.3, 0.4) is 0 Å². The largest absolute Gasteiger partial charge is 0.456 e. The minimum Gasteiger partial charge on any atom is -0.456 e. The van der Waals surface area contributed by atoms with E-state index in [1.807, 2.05) is 42.5 Å². The van der Waals surface area contributed by atoms with Crippen molar-refractivity contribution in [2.45, 2.75) is 6.54 Å². The summed E-state index contributed by atoms with van der Waals surface area (Å²) in [6.45, 7) is 0.781. The first-order chi connectivity index (χ1) is 13.9. The number of nitrogens with one attached hydrogen (secondary N) is 1. The maximum atomic E-state index is 8.49. The van der Waals surface area contributed by atoms with Gasteiger partial charge in [0.2, 0.25) is 5.36 Å². The number of halogens is 1. The van der Waals surface area contributed by atoms with E-state index in [4.69, 9.17) is 23.1 Å². The highest BCUT2D eigenvalue weighted by molar-refractivity contribution is 5.77. The highest BCUT2D eigenvalue weighted by Gasteiger charge is 2.08. The Balaban J connectivity index is 0.000000431. The van der Waals surface area contributed by atoms with Gasteiger partial charge in [-0.1, -0.05) is 72.8 Å². The van der Waals surface area contributed by atoms with E-state index in [1.165, 1.54) is 5.56 Å². The molecule has 0 unspecified atom stereocenters. The van der Waals surface area contributed by atoms with E-state index in [0.717, 1.165) is 34.2 Å². The summed E-state index contributed by atoms with van der Waals surface area (Å²) in [5.74, 6) is 0.866. The van der Waals surface area contributed by atoms with Gasteiger partial charge in [0, 0.05) is 11.1 Å². The summed E-state index contributed by atoms with van der Waals surface area (Å²) in [5.41, 5.74) is 3.21. The normalized spacial score (nSPS) is 11.8. The van der Waals surface area contributed by atoms with Gasteiger partial charge in [0.15, 0.2) is 6.54 Å². The molecule has 0 amide bonds. The molecule has 29 heavy (non-hydrogen) atoms. The minimum atomic E-state index is -4.94. The molecule has 0 aliphatic heterocycles. The quantitative estimate of drug-likeness (QED) is 0.441. The second kappa shape index (κ2) is 9.47. The van der Waals surface area contributed by atoms with E-state index >= 15 is 0 Å². The number of fused-ring (bicyclic) bond motifs is 1. The molecule has 1 heterocycles. The number of para-hydroxylation sites is 1. The van der Waals surface area contributed by atoms with E-state index in [2.05, 4.69) is 53.5 Å². The van der Waals surface area contributed by atoms with Gasteiger partial charge < -0.3 is 4.42 Å². The van der Waals surface area contributed by atoms with Crippen molar-refractivity contribution in [3.8, 4) is 11.3 Å². The molecule has 0 atom stereocenters. The van der Waals surface area contributed by atoms with Gasteiger partial charge in [-0.3, -0.25) is 0 Å². The van der Waals surface area contributed by atoms with Crippen molar-refractivity contribution in [2.75, 3.05) is 0 Å². The second-order valence-corrected chi connectivity index (χ2v) is 6.86. The summed E-state index contributed by atoms with van der Waals surface area (Å²) in [5, 5.41) is 2.17. The van der Waals surface area contributed by atoms with E-state index in [9.17, 15) is 0 Å². The topological polar surface area (TPSA) is 119 Å². The van der Waals surface area contributed by atoms with Gasteiger partial charge in [0.1, 0.15) is 11.3 Å². The summed E-state index contributed by atoms with van der Waals surface area (Å²) in [6.07, 6.45) is 0. The van der Waals surface area contributed by atoms with Gasteiger partial charge in [0.05, 0.1) is 11.5 Å². The van der Waals surface area contributed by atoms with Crippen LogP contribution in [0.4, 0.5) is 0 Å². The lowest BCUT2D eigenvalue weighted by Crippen LogP contribution is -2.75. The van der Waals surface area contributed by atoms with Gasteiger partial charge in [-0.2, -0.15) is 0 Å². The SMILES string of the molecule is [O-][Cl+3]([O-])([O-])[O-].c1ccc(C[NH+]=c2cc(-c3ccccc3)oc3ccccc23)cc1. The van der Waals surface area contributed by atoms with E-state index in [0.29, 0.717) is 0 Å². The summed E-state index contributed by atoms with van der Waals surface area (Å²) < 4.78 is 40.1. The molecule has 0 fully saturated rings. The average molecular weight is 412 g/mol. The summed E-state index contributed by atoms with van der Waals surface area (Å²) in [7, 11) is -4.94. The predicted molar refractivity (Wildman–Crippen MR) is 95.9 cm³/mol. The summed E-state index contributed by atoms with van der Waals surface area (Å²) in [4.78, 5) is 3.55. The average Bonchev–Trinajstić information content (AvgIpc) is 2.72. The van der Waals surface area contributed by atoms with Crippen molar-refractivity contribution in [1.29, 1.82) is 0 Å². The highest BCUT2D eigenvalue weighted by Crippen LogP contribution is 2.21. The van der Waals surface area contributed by atoms with Crippen LogP contribution in [0, 0.1) is 10.2 Å². The van der Waals surface area contributed by atoms with Crippen LogP contribution in [0.2, 0.25) is 0 Å². The van der Waals surface area contributed by atoms with Crippen LogP contribution in [-0.2, 0) is 6.54 Å². The lowest BCUT2D eigenvalue weighted by Gasteiger charge is -2.17. The Bertz CT molecular complexity index is 1120. The Kier molecular flexibility index (Phi) is 6.77. The molecule has 4 aromatic rings. The fourth-order valence-corrected chi connectivity index (χ4v) is 2.82. The first-order valence-corrected chi connectivity index (χ1v) is 9.94. The molecule has 3 aromatic carbocycles. The molecule has 1 N–H and O–H groups in total. The lowest BCUT2D eigenvalue weighted by molar-refractivity contribution is -2.00. The zero-order valence-electron chi connectivity index (χ0n) is 15.3. The molecule has 0 saturated heterocycles. The smallest absolute Gasteiger partial charge is 0.213 e. The maximum Gasteiger partial charge on any atom is 0.213 e. The monoisotopic (exact) mass is 411 g/mol. The van der Waals surface area contributed by atoms with Crippen LogP contribution in [0.5, 0.6) is 0 Å². The molecule has 0 radical (unpaired) electrons. The number of hydrogen-bond acceptors (Lipinski definition) is 5. The zero-order valence-corrected chi connectivity index (χ0v) is 16.0. The highest BCUT2D eigenvalue weighted by atomic mass is 35.7. The molecular formula is C22H18ClNO5. The first-order valence-electron chi connectivity index (χ1n) is 8.71. The fourth-order valence-electron chi connectivity index (χ4n) is 2.82. The van der Waals surface area contributed by atoms with Gasteiger partial charge in [0.25, 0.3) is 0 Å². The molecule has 0 bridgehead atoms. The Morgan fingerprint density at radius 3 is 1.93 bits per heavy atom. The van der Waals surface area contributed by atoms with Crippen molar-refractivity contribution in [1.82, 2.24) is 0 Å². The van der Waals surface area contributed by atoms with Crippen molar-refractivity contribution in [3.05, 3.63) is 102 Å². The maximum absolute atomic E-state index is 8.49. The molecule has 148 valence electrons. The summed E-state index contributed by atoms with van der Waals surface area (Å²) in [6, 6.07) is 30.8. The standard InChI is InChI=1S/C22H17NO.ClHO4/c1-3-9-17(10-4-1)16-23-20-15-22(18-11-5-2-6-12-18)24-21-14-8-7-13-19(20)21;2-1(3,4)5/h1-15H,16H2;(H,2,3,4,5). The Labute approximate surface area is 169 Å². The molecule has 0 saturated carbocycles. The molecule has 7 heteroatoms. The van der Waals surface area contributed by atoms with Crippen molar-refractivity contribution in [2.24, 2.45) is 0 Å². The third-order valence-electron chi connectivity index (χ3n) is 4.06. The minimum absolute atomic E-state index is 0.781. The second-order valence-electron chi connectivity index (χ2n) is 6.10. The van der Waals surface area contributed by atoms with E-state index < -0.39 is 10.2 Å². The van der Waals surface area contributed by atoms with Crippen LogP contribution >= 0.6 is 0 Å². The van der Waals surface area contributed by atoms with Crippen molar-refractivity contribution >= 4 is 11.0 Å². The van der Waals surface area contributed by atoms with Gasteiger partial charge in [-0.25, -0.2) is 23.6 Å². The first kappa shape index (κ1) is 20.7. The van der Waals surface area contributed by atoms with Crippen LogP contribution < -0.4 is 29.0 Å². The molecule has 6 nitrogen and oxygen atoms in total. The molecule has 0 aliphatic rings. The van der Waals surface area contributed by atoms with E-state index in [-0.39, 0.29) is 0 Å². The van der Waals surface area contributed by atoms with Gasteiger partial charge in [-0.15, -0.1) is 10.2 Å². The number of rotatable bonds is 3. The van der Waals surface area contributed by atoms with Crippen molar-refractivity contribution in [3.63, 3.8) is 0 Å². The Morgan fingerprint density at radius 1 is 0.724 bits per heavy atom. The van der Waals surface area contributed by atoms with Crippen LogP contribution in [0.1, 0.15) is 5.56 Å².